The molecule has 1 aromatic rings. The van der Waals surface area contributed by atoms with Crippen LogP contribution < -0.4 is 0 Å². The number of nitriles is 1. The third-order valence-electron chi connectivity index (χ3n) is 2.47. The molecule has 1 rings (SSSR count). The summed E-state index contributed by atoms with van der Waals surface area (Å²) in [5.74, 6) is -0.550. The molecular weight excluding hydrogens is 193 g/mol. The van der Waals surface area contributed by atoms with Gasteiger partial charge in [0.2, 0.25) is 0 Å². The van der Waals surface area contributed by atoms with E-state index >= 15 is 0 Å². The minimum absolute atomic E-state index is 0.200. The average molecular weight is 205 g/mol. The number of nitrogens with zero attached hydrogens (tertiary/aromatic N) is 1. The molecule has 0 N–H and O–H groups in total. The van der Waals surface area contributed by atoms with Gasteiger partial charge in [-0.2, -0.15) is 5.26 Å². The van der Waals surface area contributed by atoms with Crippen molar-refractivity contribution in [1.82, 2.24) is 0 Å². The molecule has 1 atom stereocenters. The fourth-order valence-electron chi connectivity index (χ4n) is 1.30. The normalized spacial score (nSPS) is 14.0. The highest BCUT2D eigenvalue weighted by molar-refractivity contribution is 5.85. The highest BCUT2D eigenvalue weighted by atomic mass is 19.1. The quantitative estimate of drug-likeness (QED) is 0.760. The molecule has 0 spiro atoms. The zero-order valence-electron chi connectivity index (χ0n) is 8.75. The van der Waals surface area contributed by atoms with Crippen molar-refractivity contribution >= 4 is 5.78 Å². The van der Waals surface area contributed by atoms with E-state index in [2.05, 4.69) is 0 Å². The predicted octanol–water partition coefficient (Wildman–Crippen LogP) is 2.49. The van der Waals surface area contributed by atoms with Crippen molar-refractivity contribution in [1.29, 1.82) is 5.26 Å². The predicted molar refractivity (Wildman–Crippen MR) is 54.5 cm³/mol. The Morgan fingerprint density at radius 1 is 1.60 bits per heavy atom. The SMILES string of the molecule is CC(=O)C(C)(C#N)Cc1cccc(F)c1. The lowest BCUT2D eigenvalue weighted by Crippen LogP contribution is -2.26. The minimum atomic E-state index is -1.06. The number of hydrogen-bond acceptors (Lipinski definition) is 2. The first-order valence-corrected chi connectivity index (χ1v) is 4.65. The number of rotatable bonds is 3. The molecule has 0 radical (unpaired) electrons. The molecule has 0 aliphatic carbocycles. The summed E-state index contributed by atoms with van der Waals surface area (Å²) >= 11 is 0. The van der Waals surface area contributed by atoms with E-state index in [-0.39, 0.29) is 18.0 Å². The van der Waals surface area contributed by atoms with Crippen molar-refractivity contribution in [3.05, 3.63) is 35.6 Å². The van der Waals surface area contributed by atoms with Crippen molar-refractivity contribution in [2.45, 2.75) is 20.3 Å². The molecule has 0 fully saturated rings. The third-order valence-corrected chi connectivity index (χ3v) is 2.47. The maximum Gasteiger partial charge on any atom is 0.150 e. The van der Waals surface area contributed by atoms with Crippen LogP contribution in [0, 0.1) is 22.6 Å². The lowest BCUT2D eigenvalue weighted by molar-refractivity contribution is -0.123. The minimum Gasteiger partial charge on any atom is -0.298 e. The third kappa shape index (κ3) is 2.63. The van der Waals surface area contributed by atoms with Crippen LogP contribution in [0.4, 0.5) is 4.39 Å². The van der Waals surface area contributed by atoms with E-state index in [0.717, 1.165) is 0 Å². The molecule has 78 valence electrons. The van der Waals surface area contributed by atoms with Crippen LogP contribution in [0.15, 0.2) is 24.3 Å². The van der Waals surface area contributed by atoms with Gasteiger partial charge in [0.25, 0.3) is 0 Å². The summed E-state index contributed by atoms with van der Waals surface area (Å²) in [4.78, 5) is 11.3. The summed E-state index contributed by atoms with van der Waals surface area (Å²) in [6.45, 7) is 2.95. The highest BCUT2D eigenvalue weighted by Gasteiger charge is 2.29. The van der Waals surface area contributed by atoms with E-state index in [1.165, 1.54) is 19.1 Å². The van der Waals surface area contributed by atoms with Crippen molar-refractivity contribution < 1.29 is 9.18 Å². The van der Waals surface area contributed by atoms with Crippen LogP contribution in [0.25, 0.3) is 0 Å². The lowest BCUT2D eigenvalue weighted by atomic mass is 9.82. The van der Waals surface area contributed by atoms with Gasteiger partial charge in [0.05, 0.1) is 6.07 Å². The summed E-state index contributed by atoms with van der Waals surface area (Å²) in [6.07, 6.45) is 0.247. The van der Waals surface area contributed by atoms with Crippen LogP contribution in [0.3, 0.4) is 0 Å². The first-order valence-electron chi connectivity index (χ1n) is 4.65. The number of halogens is 1. The molecule has 3 heteroatoms. The second-order valence-corrected chi connectivity index (χ2v) is 3.81. The fourth-order valence-corrected chi connectivity index (χ4v) is 1.30. The van der Waals surface area contributed by atoms with Crippen LogP contribution in [0.5, 0.6) is 0 Å². The monoisotopic (exact) mass is 205 g/mol. The Hall–Kier alpha value is -1.69. The van der Waals surface area contributed by atoms with E-state index in [1.807, 2.05) is 6.07 Å². The van der Waals surface area contributed by atoms with Gasteiger partial charge in [-0.1, -0.05) is 12.1 Å². The number of ketones is 1. The standard InChI is InChI=1S/C12H12FNO/c1-9(15)12(2,8-14)7-10-4-3-5-11(13)6-10/h3-6H,7H2,1-2H3. The van der Waals surface area contributed by atoms with Gasteiger partial charge in [-0.25, -0.2) is 4.39 Å². The number of hydrogen-bond donors (Lipinski definition) is 0. The van der Waals surface area contributed by atoms with Gasteiger partial charge < -0.3 is 0 Å². The molecule has 15 heavy (non-hydrogen) atoms. The second-order valence-electron chi connectivity index (χ2n) is 3.81. The van der Waals surface area contributed by atoms with E-state index in [9.17, 15) is 9.18 Å². The number of benzene rings is 1. The van der Waals surface area contributed by atoms with Crippen LogP contribution in [0.2, 0.25) is 0 Å². The fraction of sp³-hybridized carbons (Fsp3) is 0.333. The van der Waals surface area contributed by atoms with Gasteiger partial charge in [-0.15, -0.1) is 0 Å². The molecule has 0 aliphatic rings. The first kappa shape index (κ1) is 11.4. The Labute approximate surface area is 88.3 Å². The second kappa shape index (κ2) is 4.22. The lowest BCUT2D eigenvalue weighted by Gasteiger charge is -2.17. The number of carbonyl (C=O) groups is 1. The molecule has 1 aromatic carbocycles. The molecule has 0 amide bonds. The molecule has 0 aromatic heterocycles. The molecule has 2 nitrogen and oxygen atoms in total. The Balaban J connectivity index is 2.95. The molecule has 0 saturated heterocycles. The van der Waals surface area contributed by atoms with E-state index < -0.39 is 5.41 Å². The molecule has 0 bridgehead atoms. The van der Waals surface area contributed by atoms with E-state index in [0.29, 0.717) is 5.56 Å². The summed E-state index contributed by atoms with van der Waals surface area (Å²) in [7, 11) is 0. The van der Waals surface area contributed by atoms with Crippen molar-refractivity contribution in [2.24, 2.45) is 5.41 Å². The molecule has 0 saturated carbocycles. The Morgan fingerprint density at radius 2 is 2.27 bits per heavy atom. The number of Topliss-reactive ketones (excluding diaryl/α,β-unsaturated/α-hetero) is 1. The van der Waals surface area contributed by atoms with Crippen LogP contribution in [0.1, 0.15) is 19.4 Å². The van der Waals surface area contributed by atoms with Gasteiger partial charge in [-0.3, -0.25) is 4.79 Å². The van der Waals surface area contributed by atoms with E-state index in [4.69, 9.17) is 5.26 Å². The molecular formula is C12H12FNO. The van der Waals surface area contributed by atoms with Gasteiger partial charge in [0.1, 0.15) is 17.0 Å². The first-order chi connectivity index (χ1) is 6.98. The van der Waals surface area contributed by atoms with Crippen LogP contribution in [-0.2, 0) is 11.2 Å². The Bertz CT molecular complexity index is 422. The maximum atomic E-state index is 12.9. The molecule has 1 unspecified atom stereocenters. The Kier molecular flexibility index (Phi) is 3.21. The van der Waals surface area contributed by atoms with Gasteiger partial charge >= 0.3 is 0 Å². The maximum absolute atomic E-state index is 12.9. The van der Waals surface area contributed by atoms with Crippen LogP contribution >= 0.6 is 0 Å². The van der Waals surface area contributed by atoms with Gasteiger partial charge in [-0.05, 0) is 38.0 Å². The van der Waals surface area contributed by atoms with Crippen LogP contribution in [-0.4, -0.2) is 5.78 Å². The average Bonchev–Trinajstić information content (AvgIpc) is 2.17. The van der Waals surface area contributed by atoms with Crippen molar-refractivity contribution in [3.8, 4) is 6.07 Å². The van der Waals surface area contributed by atoms with E-state index in [1.54, 1.807) is 19.1 Å². The zero-order valence-corrected chi connectivity index (χ0v) is 8.75. The Morgan fingerprint density at radius 3 is 2.73 bits per heavy atom. The smallest absolute Gasteiger partial charge is 0.150 e. The highest BCUT2D eigenvalue weighted by Crippen LogP contribution is 2.23. The van der Waals surface area contributed by atoms with Crippen molar-refractivity contribution in [3.63, 3.8) is 0 Å². The zero-order chi connectivity index (χ0) is 11.5. The molecule has 0 heterocycles. The van der Waals surface area contributed by atoms with Gasteiger partial charge in [0.15, 0.2) is 0 Å². The summed E-state index contributed by atoms with van der Waals surface area (Å²) in [6, 6.07) is 7.94. The molecule has 0 aliphatic heterocycles. The van der Waals surface area contributed by atoms with Crippen molar-refractivity contribution in [2.75, 3.05) is 0 Å². The number of carbonyl (C=O) groups excluding carboxylic acids is 1. The summed E-state index contributed by atoms with van der Waals surface area (Å²) in [5, 5.41) is 8.92. The summed E-state index contributed by atoms with van der Waals surface area (Å²) < 4.78 is 12.9. The summed E-state index contributed by atoms with van der Waals surface area (Å²) in [5.41, 5.74) is -0.400. The largest absolute Gasteiger partial charge is 0.298 e. The topological polar surface area (TPSA) is 40.9 Å². The van der Waals surface area contributed by atoms with Gasteiger partial charge in [0, 0.05) is 0 Å².